The molecule has 4 aliphatic rings. The van der Waals surface area contributed by atoms with Gasteiger partial charge >= 0.3 is 0 Å². The molecule has 1 aromatic heterocycles. The van der Waals surface area contributed by atoms with Crippen molar-refractivity contribution < 1.29 is 28.3 Å². The van der Waals surface area contributed by atoms with Crippen LogP contribution in [0.1, 0.15) is 79.4 Å². The summed E-state index contributed by atoms with van der Waals surface area (Å²) in [6.45, 7) is 9.84. The molecule has 8 rings (SSSR count). The van der Waals surface area contributed by atoms with Gasteiger partial charge in [0.15, 0.2) is 0 Å². The number of anilines is 1. The minimum atomic E-state index is -0.387. The molecule has 0 saturated carbocycles. The van der Waals surface area contributed by atoms with E-state index in [-0.39, 0.29) is 35.4 Å². The summed E-state index contributed by atoms with van der Waals surface area (Å²) in [6, 6.07) is 19.4. The number of nitrogens with zero attached hydrogens (tertiary/aromatic N) is 4. The third kappa shape index (κ3) is 8.91. The van der Waals surface area contributed by atoms with Gasteiger partial charge in [-0.15, -0.1) is 0 Å². The normalized spacial score (nSPS) is 18.9. The Morgan fingerprint density at radius 3 is 2.18 bits per heavy atom. The summed E-state index contributed by atoms with van der Waals surface area (Å²) in [4.78, 5) is 58.8. The monoisotopic (exact) mass is 764 g/mol. The number of hydrogen-bond donors (Lipinski definition) is 2. The van der Waals surface area contributed by atoms with Crippen LogP contribution < -0.4 is 15.0 Å². The van der Waals surface area contributed by atoms with Crippen LogP contribution in [0.5, 0.6) is 5.75 Å². The van der Waals surface area contributed by atoms with Crippen molar-refractivity contribution in [1.82, 2.24) is 25.0 Å². The van der Waals surface area contributed by atoms with Crippen LogP contribution in [-0.4, -0.2) is 109 Å². The largest absolute Gasteiger partial charge is 0.496 e. The zero-order valence-electron chi connectivity index (χ0n) is 32.6. The lowest BCUT2D eigenvalue weighted by Crippen LogP contribution is -2.46. The molecule has 56 heavy (non-hydrogen) atoms. The quantitative estimate of drug-likeness (QED) is 0.197. The summed E-state index contributed by atoms with van der Waals surface area (Å²) < 4.78 is 20.7. The number of halogens is 1. The van der Waals surface area contributed by atoms with Crippen LogP contribution in [0.2, 0.25) is 0 Å². The average molecular weight is 765 g/mol. The summed E-state index contributed by atoms with van der Waals surface area (Å²) in [5, 5.41) is 3.11. The molecule has 4 amide bonds. The molecule has 296 valence electrons. The fourth-order valence-corrected chi connectivity index (χ4v) is 8.20. The first-order chi connectivity index (χ1) is 27.2. The maximum Gasteiger partial charge on any atom is 0.270 e. The lowest BCUT2D eigenvalue weighted by Gasteiger charge is -2.36. The van der Waals surface area contributed by atoms with Gasteiger partial charge in [-0.25, -0.2) is 4.39 Å². The Balaban J connectivity index is 0.000000471. The van der Waals surface area contributed by atoms with Crippen LogP contribution in [0, 0.1) is 5.82 Å². The van der Waals surface area contributed by atoms with Crippen molar-refractivity contribution in [3.05, 3.63) is 83.3 Å². The first-order valence-corrected chi connectivity index (χ1v) is 20.1. The van der Waals surface area contributed by atoms with Crippen LogP contribution >= 0.6 is 0 Å². The van der Waals surface area contributed by atoms with E-state index in [1.165, 1.54) is 30.9 Å². The standard InChI is InChI=1S/C37H40FN5O4.C7H13NO/c1-47-33-22-26(9-10-29(33)28-11-13-31(38)35-30(28)23-32(39-35)37(46)43-16-3-17-43)42-20-18-41(19-21-42)15-2-4-24-5-7-25(8-6-24)27-12-14-34(44)40-36(27)45;1-7(9)8-5-3-2-4-6-8/h5-11,13,22-23,27,39H,2-4,12,14-21H2,1H3,(H,40,44,45);2-6H2,1H3. The zero-order chi connectivity index (χ0) is 39.2. The summed E-state index contributed by atoms with van der Waals surface area (Å²) in [5.74, 6) is -0.172. The lowest BCUT2D eigenvalue weighted by molar-refractivity contribution is -0.134. The summed E-state index contributed by atoms with van der Waals surface area (Å²) in [7, 11) is 1.65. The number of hydrogen-bond acceptors (Lipinski definition) is 7. The third-order valence-corrected chi connectivity index (χ3v) is 11.7. The lowest BCUT2D eigenvalue weighted by atomic mass is 9.90. The van der Waals surface area contributed by atoms with E-state index in [1.54, 1.807) is 31.1 Å². The molecule has 11 nitrogen and oxygen atoms in total. The molecule has 0 bridgehead atoms. The molecule has 0 radical (unpaired) electrons. The molecule has 5 heterocycles. The van der Waals surface area contributed by atoms with Crippen LogP contribution in [0.4, 0.5) is 10.1 Å². The molecule has 1 atom stereocenters. The molecule has 4 aromatic rings. The van der Waals surface area contributed by atoms with Gasteiger partial charge in [-0.1, -0.05) is 30.3 Å². The Hall–Kier alpha value is -5.23. The van der Waals surface area contributed by atoms with Crippen molar-refractivity contribution >= 4 is 40.2 Å². The first kappa shape index (κ1) is 39.0. The Morgan fingerprint density at radius 1 is 0.821 bits per heavy atom. The first-order valence-electron chi connectivity index (χ1n) is 20.1. The number of methoxy groups -OCH3 is 1. The van der Waals surface area contributed by atoms with Crippen molar-refractivity contribution in [2.45, 2.75) is 64.2 Å². The number of aryl methyl sites for hydroxylation is 1. The number of nitrogens with one attached hydrogen (secondary N) is 2. The number of aromatic nitrogens is 1. The van der Waals surface area contributed by atoms with Crippen molar-refractivity contribution in [3.8, 4) is 16.9 Å². The van der Waals surface area contributed by atoms with Crippen LogP contribution in [0.3, 0.4) is 0 Å². The number of amides is 4. The topological polar surface area (TPSA) is 118 Å². The highest BCUT2D eigenvalue weighted by molar-refractivity contribution is 6.04. The number of aromatic amines is 1. The second-order valence-electron chi connectivity index (χ2n) is 15.3. The van der Waals surface area contributed by atoms with Crippen molar-refractivity contribution in [3.63, 3.8) is 0 Å². The van der Waals surface area contributed by atoms with Gasteiger partial charge in [0.05, 0.1) is 18.5 Å². The van der Waals surface area contributed by atoms with E-state index >= 15 is 0 Å². The van der Waals surface area contributed by atoms with E-state index < -0.39 is 0 Å². The fourth-order valence-electron chi connectivity index (χ4n) is 8.20. The van der Waals surface area contributed by atoms with E-state index in [9.17, 15) is 23.6 Å². The maximum atomic E-state index is 14.8. The number of imide groups is 1. The third-order valence-electron chi connectivity index (χ3n) is 11.7. The van der Waals surface area contributed by atoms with Gasteiger partial charge in [0.2, 0.25) is 17.7 Å². The number of fused-ring (bicyclic) bond motifs is 1. The minimum Gasteiger partial charge on any atom is -0.496 e. The van der Waals surface area contributed by atoms with Gasteiger partial charge in [0.1, 0.15) is 17.3 Å². The molecule has 3 aromatic carbocycles. The number of carbonyl (C=O) groups excluding carboxylic acids is 4. The summed E-state index contributed by atoms with van der Waals surface area (Å²) in [5.41, 5.74) is 5.72. The molecular formula is C44H53FN6O5. The SMILES string of the molecule is CC(=O)N1CCCCC1.COc1cc(N2CCN(CCCc3ccc(C4CCC(=O)NC4=O)cc3)CC2)ccc1-c1ccc(F)c2[nH]c(C(=O)N3CCC3)cc12. The smallest absolute Gasteiger partial charge is 0.270 e. The van der Waals surface area contributed by atoms with Crippen LogP contribution in [0.25, 0.3) is 22.0 Å². The van der Waals surface area contributed by atoms with Gasteiger partial charge in [-0.05, 0) is 92.4 Å². The molecule has 2 N–H and O–H groups in total. The second kappa shape index (κ2) is 17.7. The van der Waals surface area contributed by atoms with Crippen LogP contribution in [-0.2, 0) is 20.8 Å². The highest BCUT2D eigenvalue weighted by atomic mass is 19.1. The Labute approximate surface area is 328 Å². The van der Waals surface area contributed by atoms with Crippen LogP contribution in [0.15, 0.2) is 60.7 Å². The van der Waals surface area contributed by atoms with Gasteiger partial charge in [-0.3, -0.25) is 29.4 Å². The molecule has 12 heteroatoms. The number of ether oxygens (including phenoxy) is 1. The average Bonchev–Trinajstić information content (AvgIpc) is 3.65. The van der Waals surface area contributed by atoms with Gasteiger partial charge in [0.25, 0.3) is 5.91 Å². The molecule has 4 saturated heterocycles. The molecule has 0 spiro atoms. The number of likely N-dealkylation sites (tertiary alicyclic amines) is 2. The number of carbonyl (C=O) groups is 4. The zero-order valence-corrected chi connectivity index (χ0v) is 32.6. The Morgan fingerprint density at radius 2 is 1.54 bits per heavy atom. The number of rotatable bonds is 9. The number of benzene rings is 3. The Bertz CT molecular complexity index is 2050. The van der Waals surface area contributed by atoms with Crippen molar-refractivity contribution in [1.29, 1.82) is 0 Å². The maximum absolute atomic E-state index is 14.8. The second-order valence-corrected chi connectivity index (χ2v) is 15.3. The van der Waals surface area contributed by atoms with E-state index in [1.807, 2.05) is 23.1 Å². The van der Waals surface area contributed by atoms with Gasteiger partial charge in [0, 0.05) is 88.4 Å². The summed E-state index contributed by atoms with van der Waals surface area (Å²) >= 11 is 0. The summed E-state index contributed by atoms with van der Waals surface area (Å²) in [6.07, 6.45) is 7.67. The van der Waals surface area contributed by atoms with E-state index in [0.717, 1.165) is 101 Å². The van der Waals surface area contributed by atoms with Crippen molar-refractivity contribution in [2.75, 3.05) is 70.9 Å². The van der Waals surface area contributed by atoms with E-state index in [4.69, 9.17) is 4.74 Å². The number of H-pyrrole nitrogens is 1. The predicted octanol–water partition coefficient (Wildman–Crippen LogP) is 6.12. The van der Waals surface area contributed by atoms with Gasteiger partial charge in [-0.2, -0.15) is 0 Å². The molecule has 4 fully saturated rings. The van der Waals surface area contributed by atoms with E-state index in [0.29, 0.717) is 35.2 Å². The molecule has 0 aliphatic carbocycles. The van der Waals surface area contributed by atoms with Crippen molar-refractivity contribution in [2.24, 2.45) is 0 Å². The minimum absolute atomic E-state index is 0.0973. The molecule has 4 aliphatic heterocycles. The Kier molecular flexibility index (Phi) is 12.3. The predicted molar refractivity (Wildman–Crippen MR) is 215 cm³/mol. The van der Waals surface area contributed by atoms with E-state index in [2.05, 4.69) is 44.4 Å². The number of piperazine rings is 1. The highest BCUT2D eigenvalue weighted by Gasteiger charge is 2.28. The highest BCUT2D eigenvalue weighted by Crippen LogP contribution is 2.39. The molecular weight excluding hydrogens is 712 g/mol. The fraction of sp³-hybridized carbons (Fsp3) is 0.455. The van der Waals surface area contributed by atoms with Gasteiger partial charge < -0.3 is 24.4 Å². The number of piperidine rings is 2. The molecule has 1 unspecified atom stereocenters.